The van der Waals surface area contributed by atoms with Gasteiger partial charge in [0.15, 0.2) is 5.96 Å². The lowest BCUT2D eigenvalue weighted by molar-refractivity contribution is -0.0679. The molecule has 0 aromatic carbocycles. The molecule has 2 aliphatic heterocycles. The van der Waals surface area contributed by atoms with E-state index in [1.165, 1.54) is 19.3 Å². The van der Waals surface area contributed by atoms with E-state index in [9.17, 15) is 0 Å². The summed E-state index contributed by atoms with van der Waals surface area (Å²) < 4.78 is 11.6. The maximum atomic E-state index is 5.82. The number of furan rings is 1. The van der Waals surface area contributed by atoms with Gasteiger partial charge in [-0.15, -0.1) is 0 Å². The van der Waals surface area contributed by atoms with Crippen LogP contribution >= 0.6 is 0 Å². The number of aliphatic imine (C=N–C) groups is 1. The predicted molar refractivity (Wildman–Crippen MR) is 117 cm³/mol. The van der Waals surface area contributed by atoms with Crippen LogP contribution in [-0.2, 0) is 4.74 Å². The van der Waals surface area contributed by atoms with Gasteiger partial charge in [-0.1, -0.05) is 6.42 Å². The van der Waals surface area contributed by atoms with Gasteiger partial charge in [-0.25, -0.2) is 0 Å². The largest absolute Gasteiger partial charge is 0.468 e. The zero-order chi connectivity index (χ0) is 20.5. The second-order valence-corrected chi connectivity index (χ2v) is 8.38. The van der Waals surface area contributed by atoms with Crippen molar-refractivity contribution in [3.63, 3.8) is 0 Å². The van der Waals surface area contributed by atoms with Crippen LogP contribution in [0.1, 0.15) is 51.3 Å². The Morgan fingerprint density at radius 2 is 1.93 bits per heavy atom. The monoisotopic (exact) mass is 405 g/mol. The molecule has 3 atom stereocenters. The van der Waals surface area contributed by atoms with E-state index >= 15 is 0 Å². The van der Waals surface area contributed by atoms with Crippen LogP contribution in [0.15, 0.2) is 27.8 Å². The molecule has 3 heterocycles. The van der Waals surface area contributed by atoms with Gasteiger partial charge in [0, 0.05) is 39.8 Å². The lowest BCUT2D eigenvalue weighted by Crippen LogP contribution is -2.47. The standard InChI is InChI=1S/C22H39N5O2/c1-18-16-26(17-19(2)29-18)11-8-10-24-22(23-3)25-15-20(21-9-7-14-28-21)27-12-5-4-6-13-27/h7,9,14,18-20H,4-6,8,10-13,15-17H2,1-3H3,(H2,23,24,25). The molecular weight excluding hydrogens is 366 g/mol. The van der Waals surface area contributed by atoms with Crippen LogP contribution in [0.3, 0.4) is 0 Å². The summed E-state index contributed by atoms with van der Waals surface area (Å²) >= 11 is 0. The number of ether oxygens (including phenoxy) is 1. The van der Waals surface area contributed by atoms with Gasteiger partial charge in [0.25, 0.3) is 0 Å². The summed E-state index contributed by atoms with van der Waals surface area (Å²) in [6.07, 6.45) is 7.38. The second kappa shape index (κ2) is 11.6. The van der Waals surface area contributed by atoms with Crippen LogP contribution < -0.4 is 10.6 Å². The molecule has 2 fully saturated rings. The van der Waals surface area contributed by atoms with E-state index in [2.05, 4.69) is 45.3 Å². The van der Waals surface area contributed by atoms with Gasteiger partial charge >= 0.3 is 0 Å². The van der Waals surface area contributed by atoms with Crippen molar-refractivity contribution >= 4 is 5.96 Å². The molecule has 7 heteroatoms. The van der Waals surface area contributed by atoms with E-state index in [1.807, 2.05) is 13.1 Å². The third-order valence-electron chi connectivity index (χ3n) is 5.83. The van der Waals surface area contributed by atoms with Crippen molar-refractivity contribution < 1.29 is 9.15 Å². The Labute approximate surface area is 175 Å². The maximum absolute atomic E-state index is 5.82. The topological polar surface area (TPSA) is 65.3 Å². The van der Waals surface area contributed by atoms with Gasteiger partial charge in [-0.2, -0.15) is 0 Å². The summed E-state index contributed by atoms with van der Waals surface area (Å²) in [5.41, 5.74) is 0. The van der Waals surface area contributed by atoms with E-state index < -0.39 is 0 Å². The Kier molecular flexibility index (Phi) is 8.83. The Morgan fingerprint density at radius 3 is 2.59 bits per heavy atom. The lowest BCUT2D eigenvalue weighted by atomic mass is 10.1. The minimum atomic E-state index is 0.250. The molecular formula is C22H39N5O2. The highest BCUT2D eigenvalue weighted by molar-refractivity contribution is 5.79. The van der Waals surface area contributed by atoms with E-state index in [4.69, 9.17) is 9.15 Å². The van der Waals surface area contributed by atoms with E-state index in [1.54, 1.807) is 6.26 Å². The van der Waals surface area contributed by atoms with Crippen molar-refractivity contribution in [2.45, 2.75) is 57.8 Å². The molecule has 1 aromatic rings. The highest BCUT2D eigenvalue weighted by Crippen LogP contribution is 2.24. The van der Waals surface area contributed by atoms with Gasteiger partial charge < -0.3 is 19.8 Å². The zero-order valence-electron chi connectivity index (χ0n) is 18.4. The Hall–Kier alpha value is -1.57. The third kappa shape index (κ3) is 7.01. The summed E-state index contributed by atoms with van der Waals surface area (Å²) in [4.78, 5) is 9.44. The lowest BCUT2D eigenvalue weighted by Gasteiger charge is -2.35. The molecule has 0 saturated carbocycles. The Balaban J connectivity index is 1.41. The van der Waals surface area contributed by atoms with Crippen molar-refractivity contribution in [1.29, 1.82) is 0 Å². The van der Waals surface area contributed by atoms with E-state index in [0.717, 1.165) is 64.0 Å². The molecule has 0 bridgehead atoms. The summed E-state index contributed by atoms with van der Waals surface area (Å²) in [5, 5.41) is 6.98. The van der Waals surface area contributed by atoms with Crippen LogP contribution in [0.4, 0.5) is 0 Å². The van der Waals surface area contributed by atoms with Crippen LogP contribution in [0, 0.1) is 0 Å². The molecule has 0 spiro atoms. The quantitative estimate of drug-likeness (QED) is 0.394. The van der Waals surface area contributed by atoms with Crippen molar-refractivity contribution in [3.8, 4) is 0 Å². The van der Waals surface area contributed by atoms with Crippen molar-refractivity contribution in [1.82, 2.24) is 20.4 Å². The molecule has 7 nitrogen and oxygen atoms in total. The molecule has 29 heavy (non-hydrogen) atoms. The summed E-state index contributed by atoms with van der Waals surface area (Å²) in [7, 11) is 1.84. The fourth-order valence-electron chi connectivity index (χ4n) is 4.51. The predicted octanol–water partition coefficient (Wildman–Crippen LogP) is 2.47. The number of hydrogen-bond donors (Lipinski definition) is 2. The SMILES string of the molecule is CN=C(NCCCN1CC(C)OC(C)C1)NCC(c1ccco1)N1CCCCC1. The van der Waals surface area contributed by atoms with Gasteiger partial charge in [0.1, 0.15) is 5.76 Å². The van der Waals surface area contributed by atoms with Crippen LogP contribution in [0.25, 0.3) is 0 Å². The minimum Gasteiger partial charge on any atom is -0.468 e. The number of rotatable bonds is 8. The van der Waals surface area contributed by atoms with Gasteiger partial charge in [-0.3, -0.25) is 14.8 Å². The number of likely N-dealkylation sites (tertiary alicyclic amines) is 1. The molecule has 0 aliphatic carbocycles. The fourth-order valence-corrected chi connectivity index (χ4v) is 4.51. The fraction of sp³-hybridized carbons (Fsp3) is 0.773. The van der Waals surface area contributed by atoms with Gasteiger partial charge in [0.05, 0.1) is 24.5 Å². The van der Waals surface area contributed by atoms with Crippen LogP contribution in [-0.4, -0.2) is 80.8 Å². The highest BCUT2D eigenvalue weighted by atomic mass is 16.5. The first-order chi connectivity index (χ1) is 14.2. The van der Waals surface area contributed by atoms with E-state index in [0.29, 0.717) is 12.2 Å². The average Bonchev–Trinajstić information content (AvgIpc) is 3.24. The molecule has 2 N–H and O–H groups in total. The number of nitrogens with zero attached hydrogens (tertiary/aromatic N) is 3. The Bertz CT molecular complexity index is 590. The second-order valence-electron chi connectivity index (χ2n) is 8.38. The van der Waals surface area contributed by atoms with Gasteiger partial charge in [-0.05, 0) is 58.3 Å². The first kappa shape index (κ1) is 22.1. The third-order valence-corrected chi connectivity index (χ3v) is 5.83. The average molecular weight is 406 g/mol. The van der Waals surface area contributed by atoms with Crippen molar-refractivity contribution in [2.75, 3.05) is 52.9 Å². The molecule has 0 amide bonds. The van der Waals surface area contributed by atoms with Crippen molar-refractivity contribution in [3.05, 3.63) is 24.2 Å². The number of piperidine rings is 1. The zero-order valence-corrected chi connectivity index (χ0v) is 18.4. The number of nitrogens with one attached hydrogen (secondary N) is 2. The highest BCUT2D eigenvalue weighted by Gasteiger charge is 2.25. The first-order valence-corrected chi connectivity index (χ1v) is 11.3. The molecule has 3 rings (SSSR count). The molecule has 2 saturated heterocycles. The summed E-state index contributed by atoms with van der Waals surface area (Å²) in [6.45, 7) is 11.4. The summed E-state index contributed by atoms with van der Waals surface area (Å²) in [5.74, 6) is 1.90. The molecule has 0 radical (unpaired) electrons. The maximum Gasteiger partial charge on any atom is 0.191 e. The van der Waals surface area contributed by atoms with Crippen LogP contribution in [0.2, 0.25) is 0 Å². The molecule has 2 aliphatic rings. The van der Waals surface area contributed by atoms with Gasteiger partial charge in [0.2, 0.25) is 0 Å². The van der Waals surface area contributed by atoms with Crippen LogP contribution in [0.5, 0.6) is 0 Å². The number of guanidine groups is 1. The smallest absolute Gasteiger partial charge is 0.191 e. The number of hydrogen-bond acceptors (Lipinski definition) is 5. The first-order valence-electron chi connectivity index (χ1n) is 11.3. The minimum absolute atomic E-state index is 0.250. The molecule has 164 valence electrons. The molecule has 1 aromatic heterocycles. The van der Waals surface area contributed by atoms with Crippen molar-refractivity contribution in [2.24, 2.45) is 4.99 Å². The normalized spacial score (nSPS) is 25.7. The Morgan fingerprint density at radius 1 is 1.17 bits per heavy atom. The number of morpholine rings is 1. The van der Waals surface area contributed by atoms with E-state index in [-0.39, 0.29) is 6.04 Å². The molecule has 3 unspecified atom stereocenters. The summed E-state index contributed by atoms with van der Waals surface area (Å²) in [6, 6.07) is 4.31.